The van der Waals surface area contributed by atoms with Gasteiger partial charge in [-0.3, -0.25) is 0 Å². The minimum Gasteiger partial charge on any atom is -0.496 e. The van der Waals surface area contributed by atoms with E-state index in [1.165, 1.54) is 10.9 Å². The van der Waals surface area contributed by atoms with Crippen molar-refractivity contribution in [3.05, 3.63) is 42.0 Å². The van der Waals surface area contributed by atoms with E-state index >= 15 is 0 Å². The lowest BCUT2D eigenvalue weighted by molar-refractivity contribution is 0.419. The van der Waals surface area contributed by atoms with Gasteiger partial charge in [-0.25, -0.2) is 0 Å². The second kappa shape index (κ2) is 6.07. The first-order chi connectivity index (χ1) is 9.13. The Balaban J connectivity index is 2.38. The van der Waals surface area contributed by atoms with Gasteiger partial charge in [-0.2, -0.15) is 0 Å². The standard InChI is InChI=1S/C17H23NO/c1-12(2)8-10-16(18)14-9-11-17(19-3)15-7-5-4-6-13(14)15/h4-7,9,11-12,16H,8,10,18H2,1-3H3/t16-/m0/s1. The van der Waals surface area contributed by atoms with E-state index in [-0.39, 0.29) is 6.04 Å². The second-order valence-corrected chi connectivity index (χ2v) is 5.48. The average Bonchev–Trinajstić information content (AvgIpc) is 2.43. The number of methoxy groups -OCH3 is 1. The molecular formula is C17H23NO. The van der Waals surface area contributed by atoms with Crippen LogP contribution in [-0.4, -0.2) is 7.11 Å². The van der Waals surface area contributed by atoms with Crippen LogP contribution in [0.2, 0.25) is 0 Å². The molecule has 2 N–H and O–H groups in total. The molecule has 19 heavy (non-hydrogen) atoms. The van der Waals surface area contributed by atoms with E-state index in [0.717, 1.165) is 24.0 Å². The van der Waals surface area contributed by atoms with Crippen molar-refractivity contribution in [3.63, 3.8) is 0 Å². The maximum absolute atomic E-state index is 6.36. The van der Waals surface area contributed by atoms with Crippen LogP contribution in [0.1, 0.15) is 38.3 Å². The molecule has 2 heteroatoms. The lowest BCUT2D eigenvalue weighted by atomic mass is 9.94. The Hall–Kier alpha value is -1.54. The summed E-state index contributed by atoms with van der Waals surface area (Å²) in [6.07, 6.45) is 2.18. The van der Waals surface area contributed by atoms with Gasteiger partial charge in [-0.05, 0) is 35.8 Å². The zero-order chi connectivity index (χ0) is 13.8. The van der Waals surface area contributed by atoms with Crippen molar-refractivity contribution in [2.45, 2.75) is 32.7 Å². The van der Waals surface area contributed by atoms with Crippen LogP contribution in [0, 0.1) is 5.92 Å². The van der Waals surface area contributed by atoms with E-state index in [9.17, 15) is 0 Å². The summed E-state index contributed by atoms with van der Waals surface area (Å²) in [5, 5.41) is 2.35. The van der Waals surface area contributed by atoms with Crippen molar-refractivity contribution in [2.24, 2.45) is 11.7 Å². The molecule has 2 aromatic rings. The van der Waals surface area contributed by atoms with Crippen molar-refractivity contribution in [1.29, 1.82) is 0 Å². The van der Waals surface area contributed by atoms with Crippen LogP contribution in [-0.2, 0) is 0 Å². The van der Waals surface area contributed by atoms with Crippen LogP contribution in [0.15, 0.2) is 36.4 Å². The van der Waals surface area contributed by atoms with E-state index in [4.69, 9.17) is 10.5 Å². The topological polar surface area (TPSA) is 35.2 Å². The summed E-state index contributed by atoms with van der Waals surface area (Å²) >= 11 is 0. The number of benzene rings is 2. The summed E-state index contributed by atoms with van der Waals surface area (Å²) in [6.45, 7) is 4.47. The molecule has 2 nitrogen and oxygen atoms in total. The van der Waals surface area contributed by atoms with Crippen LogP contribution < -0.4 is 10.5 Å². The number of ether oxygens (including phenoxy) is 1. The highest BCUT2D eigenvalue weighted by molar-refractivity contribution is 5.91. The Morgan fingerprint density at radius 3 is 2.32 bits per heavy atom. The SMILES string of the molecule is COc1ccc([C@@H](N)CCC(C)C)c2ccccc12. The van der Waals surface area contributed by atoms with Gasteiger partial charge in [0.1, 0.15) is 5.75 Å². The summed E-state index contributed by atoms with van der Waals surface area (Å²) in [6, 6.07) is 12.5. The van der Waals surface area contributed by atoms with E-state index in [1.54, 1.807) is 7.11 Å². The third-order valence-electron chi connectivity index (χ3n) is 3.59. The van der Waals surface area contributed by atoms with Crippen molar-refractivity contribution in [1.82, 2.24) is 0 Å². The van der Waals surface area contributed by atoms with Gasteiger partial charge in [0.2, 0.25) is 0 Å². The van der Waals surface area contributed by atoms with Crippen molar-refractivity contribution in [3.8, 4) is 5.75 Å². The zero-order valence-electron chi connectivity index (χ0n) is 12.0. The predicted molar refractivity (Wildman–Crippen MR) is 81.5 cm³/mol. The smallest absolute Gasteiger partial charge is 0.126 e. The molecule has 0 unspecified atom stereocenters. The zero-order valence-corrected chi connectivity index (χ0v) is 12.0. The fourth-order valence-corrected chi connectivity index (χ4v) is 2.46. The molecule has 2 rings (SSSR count). The Bertz CT molecular complexity index is 548. The first-order valence-corrected chi connectivity index (χ1v) is 6.94. The predicted octanol–water partition coefficient (Wildman–Crippen LogP) is 4.28. The van der Waals surface area contributed by atoms with Gasteiger partial charge >= 0.3 is 0 Å². The highest BCUT2D eigenvalue weighted by Crippen LogP contribution is 2.32. The number of nitrogens with two attached hydrogens (primary N) is 1. The second-order valence-electron chi connectivity index (χ2n) is 5.48. The molecule has 0 amide bonds. The van der Waals surface area contributed by atoms with Gasteiger partial charge < -0.3 is 10.5 Å². The molecule has 0 saturated carbocycles. The largest absolute Gasteiger partial charge is 0.496 e. The normalized spacial score (nSPS) is 12.9. The van der Waals surface area contributed by atoms with Crippen molar-refractivity contribution in [2.75, 3.05) is 7.11 Å². The fraction of sp³-hybridized carbons (Fsp3) is 0.412. The van der Waals surface area contributed by atoms with E-state index in [0.29, 0.717) is 5.92 Å². The number of fused-ring (bicyclic) bond motifs is 1. The van der Waals surface area contributed by atoms with Crippen LogP contribution in [0.3, 0.4) is 0 Å². The summed E-state index contributed by atoms with van der Waals surface area (Å²) in [5.41, 5.74) is 7.58. The highest BCUT2D eigenvalue weighted by Gasteiger charge is 2.12. The van der Waals surface area contributed by atoms with Crippen LogP contribution in [0.4, 0.5) is 0 Å². The van der Waals surface area contributed by atoms with E-state index < -0.39 is 0 Å². The lowest BCUT2D eigenvalue weighted by Gasteiger charge is -2.17. The molecule has 0 radical (unpaired) electrons. The summed E-state index contributed by atoms with van der Waals surface area (Å²) in [4.78, 5) is 0. The molecule has 0 bridgehead atoms. The molecule has 0 aliphatic carbocycles. The Morgan fingerprint density at radius 1 is 1.00 bits per heavy atom. The molecule has 0 spiro atoms. The Morgan fingerprint density at radius 2 is 1.68 bits per heavy atom. The Labute approximate surface area is 115 Å². The van der Waals surface area contributed by atoms with Crippen LogP contribution in [0.25, 0.3) is 10.8 Å². The fourth-order valence-electron chi connectivity index (χ4n) is 2.46. The molecule has 0 saturated heterocycles. The lowest BCUT2D eigenvalue weighted by Crippen LogP contribution is -2.11. The van der Waals surface area contributed by atoms with Crippen molar-refractivity contribution < 1.29 is 4.74 Å². The van der Waals surface area contributed by atoms with Crippen LogP contribution >= 0.6 is 0 Å². The van der Waals surface area contributed by atoms with Gasteiger partial charge in [0.15, 0.2) is 0 Å². The highest BCUT2D eigenvalue weighted by atomic mass is 16.5. The van der Waals surface area contributed by atoms with Gasteiger partial charge in [0.25, 0.3) is 0 Å². The summed E-state index contributed by atoms with van der Waals surface area (Å²) in [5.74, 6) is 1.60. The molecule has 0 heterocycles. The average molecular weight is 257 g/mol. The van der Waals surface area contributed by atoms with Crippen LogP contribution in [0.5, 0.6) is 5.75 Å². The quantitative estimate of drug-likeness (QED) is 0.867. The van der Waals surface area contributed by atoms with Gasteiger partial charge in [-0.15, -0.1) is 0 Å². The van der Waals surface area contributed by atoms with E-state index in [1.807, 2.05) is 12.1 Å². The number of hydrogen-bond acceptors (Lipinski definition) is 2. The number of rotatable bonds is 5. The first kappa shape index (κ1) is 13.9. The van der Waals surface area contributed by atoms with Crippen molar-refractivity contribution >= 4 is 10.8 Å². The minimum absolute atomic E-state index is 0.0956. The van der Waals surface area contributed by atoms with Gasteiger partial charge in [0, 0.05) is 11.4 Å². The molecule has 0 fully saturated rings. The number of hydrogen-bond donors (Lipinski definition) is 1. The Kier molecular flexibility index (Phi) is 4.43. The molecule has 2 aromatic carbocycles. The molecule has 102 valence electrons. The van der Waals surface area contributed by atoms with Gasteiger partial charge in [-0.1, -0.05) is 44.2 Å². The third-order valence-corrected chi connectivity index (χ3v) is 3.59. The molecular weight excluding hydrogens is 234 g/mol. The first-order valence-electron chi connectivity index (χ1n) is 6.94. The minimum atomic E-state index is 0.0956. The van der Waals surface area contributed by atoms with Gasteiger partial charge in [0.05, 0.1) is 7.11 Å². The molecule has 0 aliphatic heterocycles. The molecule has 0 aliphatic rings. The maximum Gasteiger partial charge on any atom is 0.126 e. The molecule has 0 aromatic heterocycles. The third kappa shape index (κ3) is 3.07. The summed E-state index contributed by atoms with van der Waals surface area (Å²) in [7, 11) is 1.71. The molecule has 1 atom stereocenters. The summed E-state index contributed by atoms with van der Waals surface area (Å²) < 4.78 is 5.42. The maximum atomic E-state index is 6.36. The monoisotopic (exact) mass is 257 g/mol. The van der Waals surface area contributed by atoms with E-state index in [2.05, 4.69) is 38.1 Å².